The SMILES string of the molecule is COC(=O)C(C)(C)Nc1ccc(C)c(Cl)c1. The van der Waals surface area contributed by atoms with Gasteiger partial charge in [0.2, 0.25) is 0 Å². The zero-order chi connectivity index (χ0) is 12.3. The molecule has 0 amide bonds. The Labute approximate surface area is 101 Å². The lowest BCUT2D eigenvalue weighted by molar-refractivity contribution is -0.144. The Morgan fingerprint density at radius 1 is 1.44 bits per heavy atom. The van der Waals surface area contributed by atoms with Crippen molar-refractivity contribution in [2.45, 2.75) is 26.3 Å². The normalized spacial score (nSPS) is 11.1. The lowest BCUT2D eigenvalue weighted by Gasteiger charge is -2.24. The molecule has 0 bridgehead atoms. The summed E-state index contributed by atoms with van der Waals surface area (Å²) in [6.45, 7) is 5.44. The van der Waals surface area contributed by atoms with Gasteiger partial charge in [0, 0.05) is 10.7 Å². The van der Waals surface area contributed by atoms with Crippen LogP contribution in [0.4, 0.5) is 5.69 Å². The monoisotopic (exact) mass is 241 g/mol. The highest BCUT2D eigenvalue weighted by Crippen LogP contribution is 2.23. The van der Waals surface area contributed by atoms with Gasteiger partial charge in [-0.05, 0) is 38.5 Å². The van der Waals surface area contributed by atoms with Crippen LogP contribution in [-0.4, -0.2) is 18.6 Å². The third-order valence-electron chi connectivity index (χ3n) is 2.32. The van der Waals surface area contributed by atoms with Gasteiger partial charge < -0.3 is 10.1 Å². The number of esters is 1. The summed E-state index contributed by atoms with van der Waals surface area (Å²) in [5, 5.41) is 3.75. The average molecular weight is 242 g/mol. The summed E-state index contributed by atoms with van der Waals surface area (Å²) in [6.07, 6.45) is 0. The van der Waals surface area contributed by atoms with Crippen molar-refractivity contribution in [3.05, 3.63) is 28.8 Å². The molecule has 0 heterocycles. The van der Waals surface area contributed by atoms with E-state index in [0.29, 0.717) is 5.02 Å². The van der Waals surface area contributed by atoms with Crippen LogP contribution in [-0.2, 0) is 9.53 Å². The smallest absolute Gasteiger partial charge is 0.330 e. The third-order valence-corrected chi connectivity index (χ3v) is 2.73. The van der Waals surface area contributed by atoms with Crippen molar-refractivity contribution in [1.82, 2.24) is 0 Å². The highest BCUT2D eigenvalue weighted by Gasteiger charge is 2.28. The van der Waals surface area contributed by atoms with Gasteiger partial charge >= 0.3 is 5.97 Å². The molecule has 3 nitrogen and oxygen atoms in total. The predicted molar refractivity (Wildman–Crippen MR) is 65.9 cm³/mol. The average Bonchev–Trinajstić information content (AvgIpc) is 2.22. The molecule has 0 atom stereocenters. The molecule has 16 heavy (non-hydrogen) atoms. The minimum atomic E-state index is -0.770. The van der Waals surface area contributed by atoms with E-state index in [0.717, 1.165) is 11.3 Å². The van der Waals surface area contributed by atoms with Crippen LogP contribution in [0.3, 0.4) is 0 Å². The third kappa shape index (κ3) is 2.89. The minimum Gasteiger partial charge on any atom is -0.467 e. The van der Waals surface area contributed by atoms with Crippen LogP contribution in [0.15, 0.2) is 18.2 Å². The Balaban J connectivity index is 2.88. The molecule has 1 aromatic carbocycles. The second-order valence-electron chi connectivity index (χ2n) is 4.21. The molecular weight excluding hydrogens is 226 g/mol. The molecule has 0 aliphatic rings. The molecule has 0 saturated heterocycles. The van der Waals surface area contributed by atoms with Crippen LogP contribution < -0.4 is 5.32 Å². The van der Waals surface area contributed by atoms with Crippen LogP contribution in [0.5, 0.6) is 0 Å². The maximum atomic E-state index is 11.5. The lowest BCUT2D eigenvalue weighted by Crippen LogP contribution is -2.41. The summed E-state index contributed by atoms with van der Waals surface area (Å²) in [4.78, 5) is 11.5. The zero-order valence-corrected chi connectivity index (χ0v) is 10.7. The number of anilines is 1. The van der Waals surface area contributed by atoms with Gasteiger partial charge in [0.15, 0.2) is 0 Å². The van der Waals surface area contributed by atoms with Gasteiger partial charge in [0.1, 0.15) is 5.54 Å². The number of carbonyl (C=O) groups excluding carboxylic acids is 1. The van der Waals surface area contributed by atoms with Crippen molar-refractivity contribution >= 4 is 23.3 Å². The Morgan fingerprint density at radius 2 is 2.06 bits per heavy atom. The number of aryl methyl sites for hydroxylation is 1. The number of rotatable bonds is 3. The molecule has 88 valence electrons. The maximum Gasteiger partial charge on any atom is 0.330 e. The van der Waals surface area contributed by atoms with Crippen LogP contribution in [0.1, 0.15) is 19.4 Å². The fourth-order valence-electron chi connectivity index (χ4n) is 1.34. The summed E-state index contributed by atoms with van der Waals surface area (Å²) in [7, 11) is 1.37. The second kappa shape index (κ2) is 4.74. The number of ether oxygens (including phenoxy) is 1. The first kappa shape index (κ1) is 12.8. The minimum absolute atomic E-state index is 0.316. The summed E-state index contributed by atoms with van der Waals surface area (Å²) in [5.41, 5.74) is 1.03. The Hall–Kier alpha value is -1.22. The quantitative estimate of drug-likeness (QED) is 0.827. The molecule has 0 aromatic heterocycles. The number of benzene rings is 1. The van der Waals surface area contributed by atoms with Crippen LogP contribution in [0.2, 0.25) is 5.02 Å². The molecule has 0 unspecified atom stereocenters. The van der Waals surface area contributed by atoms with Crippen molar-refractivity contribution < 1.29 is 9.53 Å². The highest BCUT2D eigenvalue weighted by molar-refractivity contribution is 6.31. The number of carbonyl (C=O) groups is 1. The fraction of sp³-hybridized carbons (Fsp3) is 0.417. The van der Waals surface area contributed by atoms with E-state index >= 15 is 0 Å². The first-order valence-electron chi connectivity index (χ1n) is 4.99. The van der Waals surface area contributed by atoms with Crippen molar-refractivity contribution in [3.63, 3.8) is 0 Å². The van der Waals surface area contributed by atoms with Crippen molar-refractivity contribution in [2.24, 2.45) is 0 Å². The number of hydrogen-bond donors (Lipinski definition) is 1. The molecular formula is C12H16ClNO2. The summed E-state index contributed by atoms with van der Waals surface area (Å²) in [6, 6.07) is 5.57. The van der Waals surface area contributed by atoms with Gasteiger partial charge in [0.25, 0.3) is 0 Å². The first-order valence-corrected chi connectivity index (χ1v) is 5.37. The standard InChI is InChI=1S/C12H16ClNO2/c1-8-5-6-9(7-10(8)13)14-12(2,3)11(15)16-4/h5-7,14H,1-4H3. The van der Waals surface area contributed by atoms with Crippen molar-refractivity contribution in [1.29, 1.82) is 0 Å². The molecule has 0 fully saturated rings. The second-order valence-corrected chi connectivity index (χ2v) is 4.61. The first-order chi connectivity index (χ1) is 7.36. The van der Waals surface area contributed by atoms with E-state index < -0.39 is 5.54 Å². The zero-order valence-electron chi connectivity index (χ0n) is 9.93. The maximum absolute atomic E-state index is 11.5. The summed E-state index contributed by atoms with van der Waals surface area (Å²) >= 11 is 6.00. The van der Waals surface area contributed by atoms with E-state index in [-0.39, 0.29) is 5.97 Å². The number of nitrogens with one attached hydrogen (secondary N) is 1. The van der Waals surface area contributed by atoms with E-state index in [9.17, 15) is 4.79 Å². The molecule has 4 heteroatoms. The number of methoxy groups -OCH3 is 1. The van der Waals surface area contributed by atoms with Crippen molar-refractivity contribution in [2.75, 3.05) is 12.4 Å². The van der Waals surface area contributed by atoms with E-state index in [1.807, 2.05) is 19.1 Å². The summed E-state index contributed by atoms with van der Waals surface area (Å²) in [5.74, 6) is -0.316. The van der Waals surface area contributed by atoms with E-state index in [2.05, 4.69) is 5.32 Å². The van der Waals surface area contributed by atoms with Gasteiger partial charge in [-0.3, -0.25) is 0 Å². The topological polar surface area (TPSA) is 38.3 Å². The summed E-state index contributed by atoms with van der Waals surface area (Å²) < 4.78 is 4.71. The molecule has 1 aromatic rings. The molecule has 0 aliphatic carbocycles. The molecule has 0 aliphatic heterocycles. The van der Waals surface area contributed by atoms with E-state index in [4.69, 9.17) is 16.3 Å². The Morgan fingerprint density at radius 3 is 2.56 bits per heavy atom. The Bertz CT molecular complexity index is 402. The lowest BCUT2D eigenvalue weighted by atomic mass is 10.1. The van der Waals surface area contributed by atoms with Crippen LogP contribution in [0.25, 0.3) is 0 Å². The molecule has 1 N–H and O–H groups in total. The van der Waals surface area contributed by atoms with E-state index in [1.54, 1.807) is 19.9 Å². The van der Waals surface area contributed by atoms with Gasteiger partial charge in [-0.25, -0.2) is 4.79 Å². The predicted octanol–water partition coefficient (Wildman–Crippen LogP) is 3.01. The van der Waals surface area contributed by atoms with Crippen LogP contribution >= 0.6 is 11.6 Å². The molecule has 1 rings (SSSR count). The van der Waals surface area contributed by atoms with Gasteiger partial charge in [-0.15, -0.1) is 0 Å². The largest absolute Gasteiger partial charge is 0.467 e. The molecule has 0 radical (unpaired) electrons. The number of hydrogen-bond acceptors (Lipinski definition) is 3. The molecule has 0 spiro atoms. The van der Waals surface area contributed by atoms with Gasteiger partial charge in [-0.2, -0.15) is 0 Å². The Kier molecular flexibility index (Phi) is 3.81. The van der Waals surface area contributed by atoms with Crippen LogP contribution in [0, 0.1) is 6.92 Å². The fourth-order valence-corrected chi connectivity index (χ4v) is 1.52. The number of halogens is 1. The van der Waals surface area contributed by atoms with Gasteiger partial charge in [-0.1, -0.05) is 17.7 Å². The van der Waals surface area contributed by atoms with E-state index in [1.165, 1.54) is 7.11 Å². The molecule has 0 saturated carbocycles. The van der Waals surface area contributed by atoms with Gasteiger partial charge in [0.05, 0.1) is 7.11 Å². The highest BCUT2D eigenvalue weighted by atomic mass is 35.5. The van der Waals surface area contributed by atoms with Crippen molar-refractivity contribution in [3.8, 4) is 0 Å².